The van der Waals surface area contributed by atoms with Gasteiger partial charge in [-0.25, -0.2) is 13.4 Å². The van der Waals surface area contributed by atoms with E-state index in [1.807, 2.05) is 48.2 Å². The highest BCUT2D eigenvalue weighted by Gasteiger charge is 2.32. The molecule has 1 aliphatic rings. The highest BCUT2D eigenvalue weighted by atomic mass is 32.2. The maximum atomic E-state index is 13.6. The van der Waals surface area contributed by atoms with Gasteiger partial charge < -0.3 is 19.7 Å². The first kappa shape index (κ1) is 26.7. The molecule has 0 amide bonds. The van der Waals surface area contributed by atoms with Gasteiger partial charge in [-0.2, -0.15) is 9.29 Å². The standard InChI is InChI=1S/C27H35N5O4S/c1-19-17-25(29-21-8-10-22(35-5)11-9-21)30-26(28-19)31-13-15-32(16-14-31)37(33,34)24-18-20(27(2,3)4)7-12-23(24)36-6/h7-12,17-18H,13-16H2,1-6H3,(H,28,29,30). The number of anilines is 3. The lowest BCUT2D eigenvalue weighted by Crippen LogP contribution is -2.49. The molecule has 0 saturated carbocycles. The average Bonchev–Trinajstić information content (AvgIpc) is 2.88. The van der Waals surface area contributed by atoms with Gasteiger partial charge in [0.1, 0.15) is 22.2 Å². The normalized spacial score (nSPS) is 14.9. The Labute approximate surface area is 219 Å². The number of nitrogens with zero attached hydrogens (tertiary/aromatic N) is 4. The minimum absolute atomic E-state index is 0.185. The van der Waals surface area contributed by atoms with Crippen molar-refractivity contribution >= 4 is 27.5 Å². The monoisotopic (exact) mass is 525 g/mol. The lowest BCUT2D eigenvalue weighted by Gasteiger charge is -2.34. The zero-order valence-electron chi connectivity index (χ0n) is 22.3. The molecule has 37 heavy (non-hydrogen) atoms. The minimum atomic E-state index is -3.74. The summed E-state index contributed by atoms with van der Waals surface area (Å²) in [4.78, 5) is 11.5. The van der Waals surface area contributed by atoms with Gasteiger partial charge in [-0.3, -0.25) is 0 Å². The summed E-state index contributed by atoms with van der Waals surface area (Å²) in [7, 11) is -0.610. The van der Waals surface area contributed by atoms with Crippen LogP contribution in [0.15, 0.2) is 53.4 Å². The van der Waals surface area contributed by atoms with E-state index in [-0.39, 0.29) is 10.3 Å². The first-order chi connectivity index (χ1) is 17.5. The van der Waals surface area contributed by atoms with Crippen molar-refractivity contribution in [2.24, 2.45) is 0 Å². The summed E-state index contributed by atoms with van der Waals surface area (Å²) >= 11 is 0. The lowest BCUT2D eigenvalue weighted by atomic mass is 9.87. The molecule has 9 nitrogen and oxygen atoms in total. The molecule has 0 radical (unpaired) electrons. The number of benzene rings is 2. The van der Waals surface area contributed by atoms with Crippen LogP contribution in [-0.2, 0) is 15.4 Å². The Morgan fingerprint density at radius 2 is 1.57 bits per heavy atom. The van der Waals surface area contributed by atoms with E-state index in [0.29, 0.717) is 43.7 Å². The van der Waals surface area contributed by atoms with Gasteiger partial charge in [0.2, 0.25) is 16.0 Å². The van der Waals surface area contributed by atoms with Gasteiger partial charge in [-0.15, -0.1) is 0 Å². The van der Waals surface area contributed by atoms with Crippen molar-refractivity contribution in [3.8, 4) is 11.5 Å². The van der Waals surface area contributed by atoms with E-state index in [9.17, 15) is 8.42 Å². The molecule has 0 spiro atoms. The van der Waals surface area contributed by atoms with E-state index in [1.165, 1.54) is 11.4 Å². The molecule has 4 rings (SSSR count). The quantitative estimate of drug-likeness (QED) is 0.486. The fraction of sp³-hybridized carbons (Fsp3) is 0.407. The second-order valence-corrected chi connectivity index (χ2v) is 12.0. The number of nitrogens with one attached hydrogen (secondary N) is 1. The Hall–Kier alpha value is -3.37. The molecule has 2 aromatic carbocycles. The number of hydrogen-bond acceptors (Lipinski definition) is 8. The summed E-state index contributed by atoms with van der Waals surface area (Å²) < 4.78 is 39.4. The van der Waals surface area contributed by atoms with Crippen molar-refractivity contribution in [3.63, 3.8) is 0 Å². The fourth-order valence-corrected chi connectivity index (χ4v) is 5.80. The van der Waals surface area contributed by atoms with E-state index in [4.69, 9.17) is 14.5 Å². The van der Waals surface area contributed by atoms with Crippen LogP contribution in [0.1, 0.15) is 32.0 Å². The van der Waals surface area contributed by atoms with E-state index in [0.717, 1.165) is 22.7 Å². The number of ether oxygens (including phenoxy) is 2. The zero-order valence-corrected chi connectivity index (χ0v) is 23.1. The number of hydrogen-bond donors (Lipinski definition) is 1. The van der Waals surface area contributed by atoms with E-state index >= 15 is 0 Å². The largest absolute Gasteiger partial charge is 0.497 e. The van der Waals surface area contributed by atoms with Gasteiger partial charge in [0.05, 0.1) is 14.2 Å². The maximum Gasteiger partial charge on any atom is 0.246 e. The van der Waals surface area contributed by atoms with Gasteiger partial charge in [0, 0.05) is 43.6 Å². The van der Waals surface area contributed by atoms with E-state index < -0.39 is 10.0 Å². The van der Waals surface area contributed by atoms with Gasteiger partial charge in [0.15, 0.2) is 0 Å². The summed E-state index contributed by atoms with van der Waals surface area (Å²) in [5.74, 6) is 2.37. The molecule has 1 saturated heterocycles. The molecule has 0 bridgehead atoms. The molecule has 0 aliphatic carbocycles. The molecule has 1 aromatic heterocycles. The van der Waals surface area contributed by atoms with Crippen LogP contribution in [0, 0.1) is 6.92 Å². The first-order valence-corrected chi connectivity index (χ1v) is 13.7. The summed E-state index contributed by atoms with van der Waals surface area (Å²) in [5, 5.41) is 3.31. The summed E-state index contributed by atoms with van der Waals surface area (Å²) in [5.41, 5.74) is 2.46. The second kappa shape index (κ2) is 10.5. The lowest BCUT2D eigenvalue weighted by molar-refractivity contribution is 0.372. The van der Waals surface area contributed by atoms with Crippen molar-refractivity contribution in [1.82, 2.24) is 14.3 Å². The molecule has 1 fully saturated rings. The predicted octanol–water partition coefficient (Wildman–Crippen LogP) is 4.35. The molecule has 3 aromatic rings. The fourth-order valence-electron chi connectivity index (χ4n) is 4.19. The summed E-state index contributed by atoms with van der Waals surface area (Å²) in [6.45, 7) is 9.70. The molecule has 1 N–H and O–H groups in total. The van der Waals surface area contributed by atoms with Crippen LogP contribution < -0.4 is 19.7 Å². The zero-order chi connectivity index (χ0) is 26.8. The molecule has 2 heterocycles. The topological polar surface area (TPSA) is 96.9 Å². The third-order valence-electron chi connectivity index (χ3n) is 6.37. The Kier molecular flexibility index (Phi) is 7.61. The van der Waals surface area contributed by atoms with Crippen LogP contribution in [-0.4, -0.2) is 63.1 Å². The number of sulfonamides is 1. The Morgan fingerprint density at radius 1 is 0.892 bits per heavy atom. The summed E-state index contributed by atoms with van der Waals surface area (Å²) in [6.07, 6.45) is 0. The summed E-state index contributed by atoms with van der Waals surface area (Å²) in [6, 6.07) is 14.9. The van der Waals surface area contributed by atoms with Crippen LogP contribution in [0.2, 0.25) is 0 Å². The van der Waals surface area contributed by atoms with Crippen LogP contribution >= 0.6 is 0 Å². The Balaban J connectivity index is 1.50. The van der Waals surface area contributed by atoms with Crippen LogP contribution in [0.5, 0.6) is 11.5 Å². The molecule has 1 aliphatic heterocycles. The number of piperazine rings is 1. The van der Waals surface area contributed by atoms with E-state index in [1.54, 1.807) is 19.2 Å². The number of methoxy groups -OCH3 is 2. The highest BCUT2D eigenvalue weighted by Crippen LogP contribution is 2.33. The van der Waals surface area contributed by atoms with Crippen LogP contribution in [0.3, 0.4) is 0 Å². The Bertz CT molecular complexity index is 1350. The number of aromatic nitrogens is 2. The number of aryl methyl sites for hydroxylation is 1. The smallest absolute Gasteiger partial charge is 0.246 e. The average molecular weight is 526 g/mol. The van der Waals surface area contributed by atoms with Crippen molar-refractivity contribution < 1.29 is 17.9 Å². The van der Waals surface area contributed by atoms with Gasteiger partial charge in [0.25, 0.3) is 0 Å². The minimum Gasteiger partial charge on any atom is -0.497 e. The maximum absolute atomic E-state index is 13.6. The SMILES string of the molecule is COc1ccc(Nc2cc(C)nc(N3CCN(S(=O)(=O)c4cc(C(C)(C)C)ccc4OC)CC3)n2)cc1. The van der Waals surface area contributed by atoms with Crippen LogP contribution in [0.4, 0.5) is 17.5 Å². The van der Waals surface area contributed by atoms with Gasteiger partial charge >= 0.3 is 0 Å². The van der Waals surface area contributed by atoms with Crippen molar-refractivity contribution in [2.75, 3.05) is 50.6 Å². The molecule has 10 heteroatoms. The highest BCUT2D eigenvalue weighted by molar-refractivity contribution is 7.89. The molecule has 0 atom stereocenters. The van der Waals surface area contributed by atoms with Crippen molar-refractivity contribution in [3.05, 3.63) is 59.8 Å². The second-order valence-electron chi connectivity index (χ2n) is 10.1. The Morgan fingerprint density at radius 3 is 2.16 bits per heavy atom. The molecule has 0 unspecified atom stereocenters. The number of rotatable bonds is 7. The van der Waals surface area contributed by atoms with E-state index in [2.05, 4.69) is 31.1 Å². The van der Waals surface area contributed by atoms with Crippen molar-refractivity contribution in [1.29, 1.82) is 0 Å². The third-order valence-corrected chi connectivity index (χ3v) is 8.29. The van der Waals surface area contributed by atoms with Crippen LogP contribution in [0.25, 0.3) is 0 Å². The molecule has 198 valence electrons. The third kappa shape index (κ3) is 5.97. The van der Waals surface area contributed by atoms with Crippen molar-refractivity contribution in [2.45, 2.75) is 38.0 Å². The van der Waals surface area contributed by atoms with Gasteiger partial charge in [-0.05, 0) is 54.3 Å². The van der Waals surface area contributed by atoms with Gasteiger partial charge in [-0.1, -0.05) is 26.8 Å². The molecular weight excluding hydrogens is 490 g/mol. The predicted molar refractivity (Wildman–Crippen MR) is 146 cm³/mol. The first-order valence-electron chi connectivity index (χ1n) is 12.2. The molecular formula is C27H35N5O4S.